The van der Waals surface area contributed by atoms with Gasteiger partial charge in [0.25, 0.3) is 0 Å². The molecule has 2 aliphatic heterocycles. The van der Waals surface area contributed by atoms with E-state index in [9.17, 15) is 19.2 Å². The third-order valence-electron chi connectivity index (χ3n) is 11.9. The molecule has 2 fully saturated rings. The van der Waals surface area contributed by atoms with Gasteiger partial charge in [0.1, 0.15) is 23.3 Å². The predicted octanol–water partition coefficient (Wildman–Crippen LogP) is 8.05. The number of ether oxygens (including phenoxy) is 2. The van der Waals surface area contributed by atoms with Gasteiger partial charge in [0.2, 0.25) is 11.8 Å². The molecule has 0 radical (unpaired) electrons. The molecule has 0 aliphatic carbocycles. The van der Waals surface area contributed by atoms with Gasteiger partial charge in [-0.3, -0.25) is 19.2 Å². The molecule has 2 saturated heterocycles. The van der Waals surface area contributed by atoms with Crippen molar-refractivity contribution in [3.8, 4) is 22.3 Å². The maximum absolute atomic E-state index is 16.0. The Hall–Kier alpha value is -5.66. The summed E-state index contributed by atoms with van der Waals surface area (Å²) < 4.78 is 41.6. The normalized spacial score (nSPS) is 18.1. The quantitative estimate of drug-likeness (QED) is 0.121. The molecule has 2 aromatic heterocycles. The molecular formula is C44H50F2N6O6. The van der Waals surface area contributed by atoms with Gasteiger partial charge in [0.05, 0.1) is 73.0 Å². The molecule has 306 valence electrons. The number of H-pyrrole nitrogens is 2. The third kappa shape index (κ3) is 7.93. The van der Waals surface area contributed by atoms with Crippen LogP contribution in [0.2, 0.25) is 0 Å². The molecule has 4 atom stereocenters. The van der Waals surface area contributed by atoms with Crippen LogP contribution in [0, 0.1) is 35.3 Å². The Labute approximate surface area is 335 Å². The van der Waals surface area contributed by atoms with Crippen LogP contribution in [0.15, 0.2) is 48.5 Å². The highest BCUT2D eigenvalue weighted by Crippen LogP contribution is 2.38. The van der Waals surface area contributed by atoms with Crippen molar-refractivity contribution in [2.24, 2.45) is 23.7 Å². The number of fused-ring (bicyclic) bond motifs is 2. The molecule has 3 aromatic carbocycles. The summed E-state index contributed by atoms with van der Waals surface area (Å²) in [4.78, 5) is 71.3. The fourth-order valence-corrected chi connectivity index (χ4v) is 8.50. The number of carbonyl (C=O) groups excluding carboxylic acids is 4. The number of esters is 2. The molecule has 2 amide bonds. The summed E-state index contributed by atoms with van der Waals surface area (Å²) in [6.45, 7) is 8.74. The Kier molecular flexibility index (Phi) is 11.7. The van der Waals surface area contributed by atoms with Crippen molar-refractivity contribution in [3.05, 3.63) is 71.8 Å². The van der Waals surface area contributed by atoms with Gasteiger partial charge in [-0.2, -0.15) is 0 Å². The molecule has 0 spiro atoms. The van der Waals surface area contributed by atoms with Crippen LogP contribution in [0.4, 0.5) is 8.78 Å². The summed E-state index contributed by atoms with van der Waals surface area (Å²) in [5, 5.41) is 0. The van der Waals surface area contributed by atoms with E-state index in [0.29, 0.717) is 70.8 Å². The zero-order chi connectivity index (χ0) is 41.4. The fourth-order valence-electron chi connectivity index (χ4n) is 8.50. The van der Waals surface area contributed by atoms with Crippen LogP contribution in [0.25, 0.3) is 44.3 Å². The molecule has 2 N–H and O–H groups in total. The monoisotopic (exact) mass is 796 g/mol. The Bertz CT molecular complexity index is 2210. The molecule has 0 saturated carbocycles. The van der Waals surface area contributed by atoms with E-state index < -0.39 is 35.4 Å². The van der Waals surface area contributed by atoms with E-state index in [1.807, 2.05) is 27.7 Å². The zero-order valence-corrected chi connectivity index (χ0v) is 33.7. The topological polar surface area (TPSA) is 151 Å². The van der Waals surface area contributed by atoms with Crippen molar-refractivity contribution in [2.45, 2.75) is 78.3 Å². The molecule has 1 unspecified atom stereocenters. The molecule has 4 heterocycles. The van der Waals surface area contributed by atoms with Crippen molar-refractivity contribution in [2.75, 3.05) is 27.3 Å². The molecule has 58 heavy (non-hydrogen) atoms. The summed E-state index contributed by atoms with van der Waals surface area (Å²) in [5.41, 5.74) is 3.59. The Balaban J connectivity index is 1.11. The van der Waals surface area contributed by atoms with E-state index in [-0.39, 0.29) is 59.7 Å². The van der Waals surface area contributed by atoms with Gasteiger partial charge in [-0.25, -0.2) is 18.7 Å². The number of nitrogens with zero attached hydrogens (tertiary/aromatic N) is 4. The number of aromatic nitrogens is 4. The number of methoxy groups -OCH3 is 2. The standard InChI is InChI=1S/C44H50F2N6O6/c1-23(2)27(21-39(53)57-5)43(55)51-15-7-9-37(51)41-47-33-13-11-25(17-35(33)49-41)29-19-32(46)30(20-31(29)45)26-12-14-34-36(18-26)50-42(48-34)38-10-8-16-52(38)44(56)28(24(3)4)22-40(54)58-6/h11-14,17-20,23-24,27-28,37-38H,7-10,15-16,21-22H2,1-6H3,(H,47,49)(H,48,50)/t27-,28-,37-,38?/m0/s1. The number of aromatic amines is 2. The van der Waals surface area contributed by atoms with Crippen LogP contribution in [-0.2, 0) is 28.7 Å². The van der Waals surface area contributed by atoms with E-state index >= 15 is 8.78 Å². The van der Waals surface area contributed by atoms with Crippen molar-refractivity contribution in [3.63, 3.8) is 0 Å². The maximum Gasteiger partial charge on any atom is 0.306 e. The second-order valence-electron chi connectivity index (χ2n) is 16.2. The highest BCUT2D eigenvalue weighted by molar-refractivity contribution is 5.87. The molecule has 14 heteroatoms. The van der Waals surface area contributed by atoms with Gasteiger partial charge >= 0.3 is 11.9 Å². The van der Waals surface area contributed by atoms with E-state index in [1.54, 1.807) is 46.2 Å². The number of halogens is 2. The summed E-state index contributed by atoms with van der Waals surface area (Å²) in [6, 6.07) is 12.1. The number of nitrogens with one attached hydrogen (secondary N) is 2. The third-order valence-corrected chi connectivity index (χ3v) is 11.9. The summed E-state index contributed by atoms with van der Waals surface area (Å²) in [5.74, 6) is -2.27. The molecular weight excluding hydrogens is 747 g/mol. The zero-order valence-electron chi connectivity index (χ0n) is 33.7. The van der Waals surface area contributed by atoms with Gasteiger partial charge in [0.15, 0.2) is 0 Å². The smallest absolute Gasteiger partial charge is 0.306 e. The molecule has 0 bridgehead atoms. The lowest BCUT2D eigenvalue weighted by Crippen LogP contribution is -2.39. The average Bonchev–Trinajstić information content (AvgIpc) is 4.03. The lowest BCUT2D eigenvalue weighted by molar-refractivity contribution is -0.148. The largest absolute Gasteiger partial charge is 0.469 e. The van der Waals surface area contributed by atoms with Crippen LogP contribution >= 0.6 is 0 Å². The van der Waals surface area contributed by atoms with Crippen molar-refractivity contribution >= 4 is 45.8 Å². The predicted molar refractivity (Wildman–Crippen MR) is 214 cm³/mol. The number of carbonyl (C=O) groups is 4. The lowest BCUT2D eigenvalue weighted by Gasteiger charge is -2.29. The van der Waals surface area contributed by atoms with Gasteiger partial charge < -0.3 is 29.2 Å². The summed E-state index contributed by atoms with van der Waals surface area (Å²) in [7, 11) is 2.63. The Morgan fingerprint density at radius 3 is 1.43 bits per heavy atom. The van der Waals surface area contributed by atoms with E-state index in [0.717, 1.165) is 12.8 Å². The molecule has 7 rings (SSSR count). The average molecular weight is 797 g/mol. The minimum absolute atomic E-state index is 0.00261. The van der Waals surface area contributed by atoms with Crippen LogP contribution in [0.5, 0.6) is 0 Å². The number of amides is 2. The van der Waals surface area contributed by atoms with Gasteiger partial charge in [-0.1, -0.05) is 39.8 Å². The first-order valence-electron chi connectivity index (χ1n) is 20.0. The van der Waals surface area contributed by atoms with Crippen LogP contribution < -0.4 is 0 Å². The van der Waals surface area contributed by atoms with Crippen LogP contribution in [0.1, 0.15) is 90.0 Å². The lowest BCUT2D eigenvalue weighted by atomic mass is 9.91. The Morgan fingerprint density at radius 1 is 0.672 bits per heavy atom. The SMILES string of the molecule is COC(=O)C[C@H](C(=O)N1CCCC1c1nc2ccc(-c3cc(F)c(-c4ccc5nc([C@@H]6CCCN6C(=O)[C@@H](CC(=O)OC)C(C)C)[nH]c5c4)cc3F)cc2[nH]1)C(C)C. The minimum Gasteiger partial charge on any atom is -0.469 e. The second-order valence-corrected chi connectivity index (χ2v) is 16.2. The van der Waals surface area contributed by atoms with E-state index in [2.05, 4.69) is 9.97 Å². The van der Waals surface area contributed by atoms with Crippen LogP contribution in [-0.4, -0.2) is 80.8 Å². The van der Waals surface area contributed by atoms with Crippen molar-refractivity contribution in [1.29, 1.82) is 0 Å². The number of hydrogen-bond acceptors (Lipinski definition) is 8. The first-order valence-corrected chi connectivity index (χ1v) is 20.0. The van der Waals surface area contributed by atoms with Crippen molar-refractivity contribution in [1.82, 2.24) is 29.7 Å². The fraction of sp³-hybridized carbons (Fsp3) is 0.455. The first kappa shape index (κ1) is 40.5. The molecule has 2 aliphatic rings. The summed E-state index contributed by atoms with van der Waals surface area (Å²) >= 11 is 0. The van der Waals surface area contributed by atoms with Crippen LogP contribution in [0.3, 0.4) is 0 Å². The number of rotatable bonds is 12. The number of hydrogen-bond donors (Lipinski definition) is 2. The minimum atomic E-state index is -0.606. The van der Waals surface area contributed by atoms with Gasteiger partial charge in [0, 0.05) is 24.2 Å². The van der Waals surface area contributed by atoms with Gasteiger partial charge in [-0.05, 0) is 85.0 Å². The maximum atomic E-state index is 16.0. The van der Waals surface area contributed by atoms with Crippen molar-refractivity contribution < 1.29 is 37.4 Å². The molecule has 5 aromatic rings. The number of imidazole rings is 2. The highest BCUT2D eigenvalue weighted by Gasteiger charge is 2.39. The van der Waals surface area contributed by atoms with E-state index in [1.165, 1.54) is 26.4 Å². The van der Waals surface area contributed by atoms with Gasteiger partial charge in [-0.15, -0.1) is 0 Å². The number of benzene rings is 3. The second kappa shape index (κ2) is 16.7. The Morgan fingerprint density at radius 2 is 1.07 bits per heavy atom. The first-order chi connectivity index (χ1) is 27.8. The number of likely N-dealkylation sites (tertiary alicyclic amines) is 2. The summed E-state index contributed by atoms with van der Waals surface area (Å²) in [6.07, 6.45) is 2.97. The highest BCUT2D eigenvalue weighted by atomic mass is 19.1. The van der Waals surface area contributed by atoms with E-state index in [4.69, 9.17) is 19.4 Å². The molecule has 12 nitrogen and oxygen atoms in total.